The van der Waals surface area contributed by atoms with E-state index in [0.29, 0.717) is 149 Å². The molecular formula is C89H160N4O31S2Y. The largest absolute Gasteiger partial charge is 0.466 e. The van der Waals surface area contributed by atoms with Crippen LogP contribution in [0.1, 0.15) is 271 Å². The first-order chi connectivity index (χ1) is 60.7. The molecule has 17 atom stereocenters. The molecule has 0 bridgehead atoms. The summed E-state index contributed by atoms with van der Waals surface area (Å²) in [5, 5.41) is 107. The second kappa shape index (κ2) is 74.0. The summed E-state index contributed by atoms with van der Waals surface area (Å²) >= 11 is 4.04. The van der Waals surface area contributed by atoms with Crippen molar-refractivity contribution >= 4 is 75.6 Å². The minimum Gasteiger partial charge on any atom is -0.466 e. The van der Waals surface area contributed by atoms with Crippen LogP contribution in [0.4, 0.5) is 4.79 Å². The number of methoxy groups -OCH3 is 2. The number of ether oxygens (including phenoxy) is 12. The molecule has 4 fully saturated rings. The van der Waals surface area contributed by atoms with Crippen molar-refractivity contribution in [2.45, 2.75) is 357 Å². The standard InChI is InChI=1S/C74H133N3O27.C15H27NO4S2.Y/c1-52-64(87)67(90)57(49-78)102-70(52)98-39-20-27-55(81)26-14-8-5-13-19-38-77-73(93)101-44-25-35-74(48-56(82)32-45-95-47-46-94-4,33-23-42-96-62(85)30-15-9-6-11-17-36-75-60(83)28-21-40-99-71-53(2)65(88)68(91)58(50-79)103-71)34-24-43-97-63(86)31-16-10-7-12-18-37-76-61(84)29-22-41-100-72-54(3)66(89)69(92)59(51-80)104-72;1-20-14-9-12(11-17)16(10-14)15(19)7-3-2-5-13(18)6-4-8-22-21;/h52-54,57-59,64-72,78-80,87-92H,5-51H2,1-4H3,(H,75,83)(H,76,84)(H,77,93);12,14,17,21H,2-11H2,1H3;/t;12-,14+;/m.1./s1. The number of rotatable bonds is 73. The fourth-order valence-electron chi connectivity index (χ4n) is 15.7. The SMILES string of the molecule is COCCOCCC(=O)CC(CCCOC(=O)CCCCCCCNC(=O)CCCOC1OC(CO)C(O)C(O)C1C)(CCCOC(=O)CCCCCCCNC(=O)CCCOC1OC(CO)C(O)C(O)C1C)CCCOC(=O)NCCCCCCCC(=O)CCCOC1OC(CO)C(O)C(O)C1C.CO[C@H]1C[C@H](CO)N(C(=O)CCCCC(=O)CCCSS)C1.[Y]. The van der Waals surface area contributed by atoms with E-state index in [1.807, 2.05) is 0 Å². The molecule has 0 aromatic carbocycles. The third kappa shape index (κ3) is 52.4. The summed E-state index contributed by atoms with van der Waals surface area (Å²) in [7, 11) is 4.65. The maximum Gasteiger partial charge on any atom is 0.407 e. The molecule has 4 aliphatic heterocycles. The number of hydrogen-bond acceptors (Lipinski definition) is 33. The maximum absolute atomic E-state index is 13.8. The third-order valence-corrected chi connectivity index (χ3v) is 24.7. The molecule has 4 saturated heterocycles. The van der Waals surface area contributed by atoms with Crippen molar-refractivity contribution in [2.24, 2.45) is 23.2 Å². The van der Waals surface area contributed by atoms with Gasteiger partial charge in [-0.15, -0.1) is 11.7 Å². The van der Waals surface area contributed by atoms with Crippen molar-refractivity contribution in [2.75, 3.05) is 132 Å². The average Bonchev–Trinajstić information content (AvgIpc) is 1.86. The number of unbranched alkanes of at least 4 members (excludes halogenated alkanes) is 13. The second-order valence-electron chi connectivity index (χ2n) is 34.0. The second-order valence-corrected chi connectivity index (χ2v) is 35.4. The number of esters is 2. The van der Waals surface area contributed by atoms with Gasteiger partial charge in [-0.25, -0.2) is 4.79 Å². The number of carbonyl (C=O) groups is 9. The molecule has 15 unspecified atom stereocenters. The molecule has 0 aromatic rings. The van der Waals surface area contributed by atoms with Gasteiger partial charge < -0.3 is 129 Å². The van der Waals surface area contributed by atoms with Crippen LogP contribution in [0, 0.1) is 23.2 Å². The van der Waals surface area contributed by atoms with Crippen molar-refractivity contribution in [1.82, 2.24) is 20.9 Å². The van der Waals surface area contributed by atoms with E-state index in [9.17, 15) is 94.2 Å². The van der Waals surface area contributed by atoms with Gasteiger partial charge in [-0.3, -0.25) is 38.4 Å². The van der Waals surface area contributed by atoms with Gasteiger partial charge >= 0.3 is 18.0 Å². The Labute approximate surface area is 787 Å². The van der Waals surface area contributed by atoms with E-state index >= 15 is 0 Å². The minimum atomic E-state index is -1.21. The molecule has 13 N–H and O–H groups in total. The van der Waals surface area contributed by atoms with Crippen molar-refractivity contribution in [3.63, 3.8) is 0 Å². The Hall–Kier alpha value is -3.33. The Morgan fingerprint density at radius 2 is 0.795 bits per heavy atom. The predicted octanol–water partition coefficient (Wildman–Crippen LogP) is 6.66. The topological polar surface area (TPSA) is 506 Å². The van der Waals surface area contributed by atoms with Crippen molar-refractivity contribution in [1.29, 1.82) is 0 Å². The van der Waals surface area contributed by atoms with Gasteiger partial charge in [0, 0.05) is 167 Å². The first-order valence-corrected chi connectivity index (χ1v) is 48.5. The first-order valence-electron chi connectivity index (χ1n) is 46.5. The van der Waals surface area contributed by atoms with Crippen LogP contribution < -0.4 is 16.0 Å². The molecule has 35 nitrogen and oxygen atoms in total. The van der Waals surface area contributed by atoms with Gasteiger partial charge in [0.15, 0.2) is 18.9 Å². The number of nitrogens with one attached hydrogen (secondary N) is 3. The molecule has 4 heterocycles. The molecule has 38 heteroatoms. The zero-order chi connectivity index (χ0) is 92.7. The number of thiol groups is 1. The Bertz CT molecular complexity index is 2700. The minimum absolute atomic E-state index is 0. The predicted molar refractivity (Wildman–Crippen MR) is 471 cm³/mol. The van der Waals surface area contributed by atoms with Gasteiger partial charge in [-0.1, -0.05) is 89.4 Å². The molecule has 0 spiro atoms. The molecule has 737 valence electrons. The molecule has 0 aromatic heterocycles. The molecular weight excluding hydrogens is 1770 g/mol. The van der Waals surface area contributed by atoms with Crippen LogP contribution in [0.25, 0.3) is 0 Å². The smallest absolute Gasteiger partial charge is 0.407 e. The van der Waals surface area contributed by atoms with Crippen LogP contribution in [0.2, 0.25) is 0 Å². The van der Waals surface area contributed by atoms with E-state index in [1.165, 1.54) is 10.8 Å². The molecule has 127 heavy (non-hydrogen) atoms. The van der Waals surface area contributed by atoms with E-state index in [4.69, 9.17) is 56.8 Å². The van der Waals surface area contributed by atoms with Gasteiger partial charge in [-0.05, 0) is 127 Å². The number of alkyl carbamates (subject to hydrolysis) is 1. The van der Waals surface area contributed by atoms with Crippen LogP contribution in [-0.4, -0.2) is 327 Å². The maximum atomic E-state index is 13.8. The molecule has 0 aliphatic carbocycles. The van der Waals surface area contributed by atoms with Crippen LogP contribution >= 0.6 is 22.5 Å². The van der Waals surface area contributed by atoms with Gasteiger partial charge in [0.2, 0.25) is 17.7 Å². The number of hydrogen-bond donors (Lipinski definition) is 14. The summed E-state index contributed by atoms with van der Waals surface area (Å²) in [6, 6.07) is -0.127. The van der Waals surface area contributed by atoms with Crippen LogP contribution in [-0.2, 0) is 128 Å². The summed E-state index contributed by atoms with van der Waals surface area (Å²) in [6.45, 7) is 7.54. The third-order valence-electron chi connectivity index (χ3n) is 23.6. The summed E-state index contributed by atoms with van der Waals surface area (Å²) in [5.74, 6) is -1.11. The fourth-order valence-corrected chi connectivity index (χ4v) is 16.4. The van der Waals surface area contributed by atoms with Crippen LogP contribution in [0.3, 0.4) is 0 Å². The van der Waals surface area contributed by atoms with E-state index < -0.39 is 123 Å². The molecule has 4 rings (SSSR count). The summed E-state index contributed by atoms with van der Waals surface area (Å²) in [6.07, 6.45) is 9.99. The Morgan fingerprint density at radius 1 is 0.409 bits per heavy atom. The summed E-state index contributed by atoms with van der Waals surface area (Å²) in [4.78, 5) is 115. The monoisotopic (exact) mass is 1930 g/mol. The average molecular weight is 1940 g/mol. The zero-order valence-electron chi connectivity index (χ0n) is 76.5. The number of carbonyl (C=O) groups excluding carboxylic acids is 9. The van der Waals surface area contributed by atoms with Gasteiger partial charge in [0.25, 0.3) is 0 Å². The number of amides is 4. The van der Waals surface area contributed by atoms with Gasteiger partial charge in [0.1, 0.15) is 54.0 Å². The van der Waals surface area contributed by atoms with E-state index in [-0.39, 0.29) is 183 Å². The number of aliphatic hydroxyl groups is 10. The van der Waals surface area contributed by atoms with E-state index in [0.717, 1.165) is 108 Å². The number of ketones is 3. The summed E-state index contributed by atoms with van der Waals surface area (Å²) in [5.41, 5.74) is -0.619. The van der Waals surface area contributed by atoms with E-state index in [2.05, 4.69) is 27.6 Å². The molecule has 4 amide bonds. The number of likely N-dealkylation sites (tertiary alicyclic amines) is 1. The van der Waals surface area contributed by atoms with Crippen molar-refractivity contribution in [3.8, 4) is 0 Å². The molecule has 4 aliphatic rings. The Kier molecular flexibility index (Phi) is 69.8. The van der Waals surface area contributed by atoms with Gasteiger partial charge in [-0.2, -0.15) is 0 Å². The normalized spacial score (nSPS) is 24.5. The van der Waals surface area contributed by atoms with E-state index in [1.54, 1.807) is 39.9 Å². The Morgan fingerprint density at radius 3 is 1.22 bits per heavy atom. The Balaban J connectivity index is 0.00000206. The first kappa shape index (κ1) is 120. The number of nitrogens with zero attached hydrogens (tertiary/aromatic N) is 1. The fraction of sp³-hybridized carbons (Fsp3) is 0.899. The molecule has 1 radical (unpaired) electrons. The van der Waals surface area contributed by atoms with Crippen molar-refractivity contribution < 1.29 is 184 Å². The molecule has 0 saturated carbocycles. The number of Topliss-reactive ketones (excluding diaryl/α,β-unsaturated/α-hetero) is 3. The summed E-state index contributed by atoms with van der Waals surface area (Å²) < 4.78 is 66.9. The van der Waals surface area contributed by atoms with Crippen LogP contribution in [0.15, 0.2) is 0 Å². The zero-order valence-corrected chi connectivity index (χ0v) is 81.1. The van der Waals surface area contributed by atoms with Crippen molar-refractivity contribution in [3.05, 3.63) is 0 Å². The van der Waals surface area contributed by atoms with Crippen LogP contribution in [0.5, 0.6) is 0 Å². The quantitative estimate of drug-likeness (QED) is 0.00995. The number of aliphatic hydroxyl groups excluding tert-OH is 10. The van der Waals surface area contributed by atoms with Gasteiger partial charge in [0.05, 0.1) is 116 Å².